The van der Waals surface area contributed by atoms with Crippen molar-refractivity contribution in [1.82, 2.24) is 0 Å². The quantitative estimate of drug-likeness (QED) is 0.897. The number of hydrogen-bond acceptors (Lipinski definition) is 3. The maximum atomic E-state index is 13.1. The van der Waals surface area contributed by atoms with Gasteiger partial charge in [-0.15, -0.1) is 0 Å². The molecular formula is C15H12FN3O. The van der Waals surface area contributed by atoms with E-state index >= 15 is 0 Å². The average Bonchev–Trinajstić information content (AvgIpc) is 2.48. The lowest BCUT2D eigenvalue weighted by Gasteiger charge is -2.08. The summed E-state index contributed by atoms with van der Waals surface area (Å²) in [4.78, 5) is 11.7. The molecule has 0 saturated carbocycles. The highest BCUT2D eigenvalue weighted by Gasteiger charge is 2.06. The molecule has 0 aliphatic carbocycles. The predicted octanol–water partition coefficient (Wildman–Crippen LogP) is 2.75. The number of nitriles is 1. The highest BCUT2D eigenvalue weighted by atomic mass is 19.1. The van der Waals surface area contributed by atoms with Crippen molar-refractivity contribution in [1.29, 1.82) is 5.26 Å². The molecule has 2 aromatic rings. The zero-order valence-corrected chi connectivity index (χ0v) is 10.6. The molecule has 0 saturated heterocycles. The van der Waals surface area contributed by atoms with Crippen LogP contribution in [-0.4, -0.2) is 12.5 Å². The summed E-state index contributed by atoms with van der Waals surface area (Å²) in [6.07, 6.45) is 0. The normalized spacial score (nSPS) is 9.60. The van der Waals surface area contributed by atoms with Gasteiger partial charge in [0.05, 0.1) is 12.1 Å². The van der Waals surface area contributed by atoms with E-state index in [2.05, 4.69) is 10.6 Å². The van der Waals surface area contributed by atoms with Crippen molar-refractivity contribution in [3.05, 3.63) is 59.9 Å². The Morgan fingerprint density at radius 3 is 2.60 bits per heavy atom. The summed E-state index contributed by atoms with van der Waals surface area (Å²) in [6, 6.07) is 14.9. The first kappa shape index (κ1) is 13.6. The van der Waals surface area contributed by atoms with Gasteiger partial charge in [-0.25, -0.2) is 4.39 Å². The van der Waals surface area contributed by atoms with Crippen LogP contribution >= 0.6 is 0 Å². The topological polar surface area (TPSA) is 64.9 Å². The highest BCUT2D eigenvalue weighted by molar-refractivity contribution is 5.93. The third-order valence-electron chi connectivity index (χ3n) is 2.60. The third-order valence-corrected chi connectivity index (χ3v) is 2.60. The Morgan fingerprint density at radius 1 is 1.15 bits per heavy atom. The Balaban J connectivity index is 1.93. The van der Waals surface area contributed by atoms with E-state index in [1.54, 1.807) is 6.07 Å². The SMILES string of the molecule is N#Cc1cc(NC(=O)CNc2ccccc2)ccc1F. The molecular weight excluding hydrogens is 257 g/mol. The molecule has 0 bridgehead atoms. The van der Waals surface area contributed by atoms with Crippen molar-refractivity contribution in [3.8, 4) is 6.07 Å². The standard InChI is InChI=1S/C15H12FN3O/c16-14-7-6-13(8-11(14)9-17)19-15(20)10-18-12-4-2-1-3-5-12/h1-8,18H,10H2,(H,19,20). The van der Waals surface area contributed by atoms with Gasteiger partial charge >= 0.3 is 0 Å². The van der Waals surface area contributed by atoms with E-state index in [9.17, 15) is 9.18 Å². The van der Waals surface area contributed by atoms with Crippen LogP contribution in [0.4, 0.5) is 15.8 Å². The molecule has 0 fully saturated rings. The Hall–Kier alpha value is -2.87. The lowest BCUT2D eigenvalue weighted by Crippen LogP contribution is -2.21. The summed E-state index contributed by atoms with van der Waals surface area (Å²) in [5, 5.41) is 14.3. The van der Waals surface area contributed by atoms with E-state index in [-0.39, 0.29) is 18.0 Å². The minimum Gasteiger partial charge on any atom is -0.376 e. The molecule has 0 aliphatic heterocycles. The van der Waals surface area contributed by atoms with Crippen molar-refractivity contribution < 1.29 is 9.18 Å². The summed E-state index contributed by atoms with van der Waals surface area (Å²) in [5.41, 5.74) is 1.13. The monoisotopic (exact) mass is 269 g/mol. The first-order valence-corrected chi connectivity index (χ1v) is 5.97. The second-order valence-corrected chi connectivity index (χ2v) is 4.07. The van der Waals surface area contributed by atoms with E-state index in [0.717, 1.165) is 11.8 Å². The number of hydrogen-bond donors (Lipinski definition) is 2. The number of benzene rings is 2. The van der Waals surface area contributed by atoms with Gasteiger partial charge in [0.2, 0.25) is 5.91 Å². The second kappa shape index (κ2) is 6.34. The molecule has 0 aromatic heterocycles. The van der Waals surface area contributed by atoms with Gasteiger partial charge in [-0.05, 0) is 30.3 Å². The van der Waals surface area contributed by atoms with Crippen LogP contribution in [0.2, 0.25) is 0 Å². The van der Waals surface area contributed by atoms with Gasteiger partial charge in [-0.2, -0.15) is 5.26 Å². The van der Waals surface area contributed by atoms with Crippen molar-refractivity contribution in [2.75, 3.05) is 17.2 Å². The van der Waals surface area contributed by atoms with Gasteiger partial charge in [0.25, 0.3) is 0 Å². The number of rotatable bonds is 4. The predicted molar refractivity (Wildman–Crippen MR) is 74.7 cm³/mol. The second-order valence-electron chi connectivity index (χ2n) is 4.07. The lowest BCUT2D eigenvalue weighted by atomic mass is 10.2. The van der Waals surface area contributed by atoms with Gasteiger partial charge in [0.1, 0.15) is 11.9 Å². The van der Waals surface area contributed by atoms with E-state index < -0.39 is 5.82 Å². The van der Waals surface area contributed by atoms with Crippen LogP contribution in [0.15, 0.2) is 48.5 Å². The summed E-state index contributed by atoms with van der Waals surface area (Å²) in [7, 11) is 0. The van der Waals surface area contributed by atoms with Crippen molar-refractivity contribution in [3.63, 3.8) is 0 Å². The fourth-order valence-corrected chi connectivity index (χ4v) is 1.63. The lowest BCUT2D eigenvalue weighted by molar-refractivity contribution is -0.114. The Bertz CT molecular complexity index is 650. The molecule has 2 rings (SSSR count). The van der Waals surface area contributed by atoms with Gasteiger partial charge in [-0.3, -0.25) is 4.79 Å². The molecule has 100 valence electrons. The molecule has 0 heterocycles. The van der Waals surface area contributed by atoms with E-state index in [1.165, 1.54) is 12.1 Å². The minimum atomic E-state index is -0.604. The fraction of sp³-hybridized carbons (Fsp3) is 0.0667. The average molecular weight is 269 g/mol. The molecule has 0 atom stereocenters. The molecule has 2 aromatic carbocycles. The number of carbonyl (C=O) groups is 1. The Labute approximate surface area is 115 Å². The van der Waals surface area contributed by atoms with Gasteiger partial charge in [0, 0.05) is 11.4 Å². The zero-order valence-electron chi connectivity index (χ0n) is 10.6. The molecule has 20 heavy (non-hydrogen) atoms. The molecule has 2 N–H and O–H groups in total. The largest absolute Gasteiger partial charge is 0.376 e. The molecule has 1 amide bonds. The highest BCUT2D eigenvalue weighted by Crippen LogP contribution is 2.13. The zero-order chi connectivity index (χ0) is 14.4. The van der Waals surface area contributed by atoms with Crippen molar-refractivity contribution in [2.45, 2.75) is 0 Å². The van der Waals surface area contributed by atoms with Crippen LogP contribution in [0.5, 0.6) is 0 Å². The number of anilines is 2. The van der Waals surface area contributed by atoms with Crippen LogP contribution in [0.1, 0.15) is 5.56 Å². The molecule has 4 nitrogen and oxygen atoms in total. The molecule has 0 unspecified atom stereocenters. The Kier molecular flexibility index (Phi) is 4.30. The first-order chi connectivity index (χ1) is 9.69. The van der Waals surface area contributed by atoms with Crippen molar-refractivity contribution in [2.24, 2.45) is 0 Å². The Morgan fingerprint density at radius 2 is 1.90 bits per heavy atom. The van der Waals surface area contributed by atoms with Gasteiger partial charge < -0.3 is 10.6 Å². The van der Waals surface area contributed by atoms with Gasteiger partial charge in [-0.1, -0.05) is 18.2 Å². The fourth-order valence-electron chi connectivity index (χ4n) is 1.63. The summed E-state index contributed by atoms with van der Waals surface area (Å²) >= 11 is 0. The van der Waals surface area contributed by atoms with Crippen LogP contribution in [0.3, 0.4) is 0 Å². The van der Waals surface area contributed by atoms with Crippen LogP contribution in [0.25, 0.3) is 0 Å². The van der Waals surface area contributed by atoms with Crippen LogP contribution < -0.4 is 10.6 Å². The number of nitrogens with one attached hydrogen (secondary N) is 2. The number of amides is 1. The van der Waals surface area contributed by atoms with Crippen molar-refractivity contribution >= 4 is 17.3 Å². The van der Waals surface area contributed by atoms with Crippen LogP contribution in [-0.2, 0) is 4.79 Å². The first-order valence-electron chi connectivity index (χ1n) is 5.97. The summed E-state index contributed by atoms with van der Waals surface area (Å²) in [5.74, 6) is -0.878. The van der Waals surface area contributed by atoms with E-state index in [1.807, 2.05) is 30.3 Å². The maximum Gasteiger partial charge on any atom is 0.243 e. The molecule has 0 radical (unpaired) electrons. The number of halogens is 1. The number of carbonyl (C=O) groups excluding carboxylic acids is 1. The maximum absolute atomic E-state index is 13.1. The summed E-state index contributed by atoms with van der Waals surface area (Å²) < 4.78 is 13.1. The van der Waals surface area contributed by atoms with Gasteiger partial charge in [0.15, 0.2) is 0 Å². The molecule has 0 aliphatic rings. The summed E-state index contributed by atoms with van der Waals surface area (Å²) in [6.45, 7) is 0.0866. The van der Waals surface area contributed by atoms with E-state index in [4.69, 9.17) is 5.26 Å². The van der Waals surface area contributed by atoms with E-state index in [0.29, 0.717) is 5.69 Å². The number of para-hydroxylation sites is 1. The molecule has 5 heteroatoms. The molecule has 0 spiro atoms. The smallest absolute Gasteiger partial charge is 0.243 e. The minimum absolute atomic E-state index is 0.0866. The van der Waals surface area contributed by atoms with Crippen LogP contribution in [0, 0.1) is 17.1 Å². The third kappa shape index (κ3) is 3.56. The number of nitrogens with zero attached hydrogens (tertiary/aromatic N) is 1.